The van der Waals surface area contributed by atoms with Crippen molar-refractivity contribution in [1.82, 2.24) is 0 Å². The van der Waals surface area contributed by atoms with Crippen molar-refractivity contribution in [1.29, 1.82) is 0 Å². The molecule has 0 saturated carbocycles. The van der Waals surface area contributed by atoms with Gasteiger partial charge in [0.05, 0.1) is 17.4 Å². The Labute approximate surface area is 117 Å². The van der Waals surface area contributed by atoms with Crippen molar-refractivity contribution in [2.75, 3.05) is 6.61 Å². The number of esters is 1. The molecule has 0 fully saturated rings. The first kappa shape index (κ1) is 15.9. The van der Waals surface area contributed by atoms with E-state index in [0.29, 0.717) is 13.0 Å². The van der Waals surface area contributed by atoms with E-state index >= 15 is 0 Å². The van der Waals surface area contributed by atoms with Crippen molar-refractivity contribution in [2.45, 2.75) is 50.7 Å². The van der Waals surface area contributed by atoms with Crippen LogP contribution in [0.1, 0.15) is 37.8 Å². The Hall–Kier alpha value is -1.16. The fraction of sp³-hybridized carbons (Fsp3) is 0.533. The summed E-state index contributed by atoms with van der Waals surface area (Å²) in [6.07, 6.45) is 1.39. The number of hydrogen-bond donors (Lipinski definition) is 0. The molecule has 0 spiro atoms. The molecular weight excluding hydrogens is 260 g/mol. The molecule has 0 saturated heterocycles. The molecular formula is C15H22O3S. The van der Waals surface area contributed by atoms with Gasteiger partial charge in [-0.15, -0.1) is 0 Å². The molecule has 0 bridgehead atoms. The summed E-state index contributed by atoms with van der Waals surface area (Å²) in [6, 6.07) is 5.82. The molecule has 1 aromatic rings. The molecule has 0 aliphatic heterocycles. The normalized spacial score (nSPS) is 13.9. The van der Waals surface area contributed by atoms with Gasteiger partial charge in [-0.3, -0.25) is 9.00 Å². The lowest BCUT2D eigenvalue weighted by molar-refractivity contribution is -0.142. The Bertz CT molecular complexity index is 468. The molecule has 106 valence electrons. The second-order valence-electron chi connectivity index (χ2n) is 4.60. The summed E-state index contributed by atoms with van der Waals surface area (Å²) in [5.74, 6) is -0.358. The molecule has 0 heterocycles. The molecule has 1 rings (SSSR count). The van der Waals surface area contributed by atoms with Crippen LogP contribution in [0.5, 0.6) is 0 Å². The number of carbonyl (C=O) groups excluding carboxylic acids is 1. The van der Waals surface area contributed by atoms with Gasteiger partial charge in [-0.25, -0.2) is 0 Å². The minimum atomic E-state index is -1.35. The van der Waals surface area contributed by atoms with Crippen LogP contribution in [0.4, 0.5) is 0 Å². The van der Waals surface area contributed by atoms with Crippen LogP contribution < -0.4 is 0 Å². The predicted molar refractivity (Wildman–Crippen MR) is 77.7 cm³/mol. The van der Waals surface area contributed by atoms with E-state index in [2.05, 4.69) is 0 Å². The van der Waals surface area contributed by atoms with E-state index in [-0.39, 0.29) is 5.97 Å². The number of benzene rings is 1. The predicted octanol–water partition coefficient (Wildman–Crippen LogP) is 3.14. The van der Waals surface area contributed by atoms with Gasteiger partial charge < -0.3 is 4.74 Å². The van der Waals surface area contributed by atoms with E-state index in [1.807, 2.05) is 39.0 Å². The maximum Gasteiger partial charge on any atom is 0.322 e. The molecule has 0 aromatic heterocycles. The first-order valence-corrected chi connectivity index (χ1v) is 7.87. The van der Waals surface area contributed by atoms with Crippen molar-refractivity contribution in [2.24, 2.45) is 0 Å². The zero-order chi connectivity index (χ0) is 14.4. The lowest BCUT2D eigenvalue weighted by atomic mass is 10.2. The third-order valence-electron chi connectivity index (χ3n) is 2.92. The third-order valence-corrected chi connectivity index (χ3v) is 4.74. The SMILES string of the molecule is CCCC(C(=O)OCC)S(=O)c1cc(C)ccc1C. The Morgan fingerprint density at radius 2 is 2.00 bits per heavy atom. The van der Waals surface area contributed by atoms with Gasteiger partial charge in [-0.05, 0) is 44.4 Å². The van der Waals surface area contributed by atoms with E-state index in [1.165, 1.54) is 0 Å². The fourth-order valence-corrected chi connectivity index (χ4v) is 3.57. The van der Waals surface area contributed by atoms with Gasteiger partial charge in [0.15, 0.2) is 0 Å². The average molecular weight is 282 g/mol. The molecule has 0 aliphatic rings. The summed E-state index contributed by atoms with van der Waals surface area (Å²) < 4.78 is 17.7. The quantitative estimate of drug-likeness (QED) is 0.753. The first-order valence-electron chi connectivity index (χ1n) is 6.65. The largest absolute Gasteiger partial charge is 0.465 e. The molecule has 4 heteroatoms. The topological polar surface area (TPSA) is 43.4 Å². The van der Waals surface area contributed by atoms with Crippen LogP contribution in [0.25, 0.3) is 0 Å². The third kappa shape index (κ3) is 4.16. The highest BCUT2D eigenvalue weighted by Crippen LogP contribution is 2.21. The Morgan fingerprint density at radius 1 is 1.32 bits per heavy atom. The van der Waals surface area contributed by atoms with Crippen molar-refractivity contribution < 1.29 is 13.7 Å². The standard InChI is InChI=1S/C15H22O3S/c1-5-7-13(15(16)18-6-2)19(17)14-10-11(3)8-9-12(14)4/h8-10,13H,5-7H2,1-4H3. The van der Waals surface area contributed by atoms with Crippen LogP contribution in [0, 0.1) is 13.8 Å². The molecule has 2 unspecified atom stereocenters. The van der Waals surface area contributed by atoms with Crippen molar-refractivity contribution in [3.63, 3.8) is 0 Å². The van der Waals surface area contributed by atoms with E-state index in [9.17, 15) is 9.00 Å². The number of rotatable bonds is 6. The van der Waals surface area contributed by atoms with Crippen LogP contribution in [0.15, 0.2) is 23.1 Å². The summed E-state index contributed by atoms with van der Waals surface area (Å²) in [4.78, 5) is 12.7. The minimum Gasteiger partial charge on any atom is -0.465 e. The smallest absolute Gasteiger partial charge is 0.322 e. The Balaban J connectivity index is 3.05. The zero-order valence-electron chi connectivity index (χ0n) is 12.1. The molecule has 3 nitrogen and oxygen atoms in total. The lowest BCUT2D eigenvalue weighted by Crippen LogP contribution is -2.28. The number of hydrogen-bond acceptors (Lipinski definition) is 3. The maximum atomic E-state index is 12.6. The molecule has 19 heavy (non-hydrogen) atoms. The highest BCUT2D eigenvalue weighted by molar-refractivity contribution is 7.86. The van der Waals surface area contributed by atoms with Gasteiger partial charge in [-0.2, -0.15) is 0 Å². The van der Waals surface area contributed by atoms with Crippen LogP contribution in [0.2, 0.25) is 0 Å². The van der Waals surface area contributed by atoms with Gasteiger partial charge >= 0.3 is 5.97 Å². The first-order chi connectivity index (χ1) is 9.01. The molecule has 2 atom stereocenters. The lowest BCUT2D eigenvalue weighted by Gasteiger charge is -2.16. The average Bonchev–Trinajstić information content (AvgIpc) is 2.38. The summed E-state index contributed by atoms with van der Waals surface area (Å²) in [7, 11) is -1.35. The van der Waals surface area contributed by atoms with E-state index in [0.717, 1.165) is 22.4 Å². The molecule has 0 amide bonds. The molecule has 1 aromatic carbocycles. The number of carbonyl (C=O) groups is 1. The Morgan fingerprint density at radius 3 is 2.58 bits per heavy atom. The van der Waals surface area contributed by atoms with Crippen LogP contribution in [-0.2, 0) is 20.3 Å². The summed E-state index contributed by atoms with van der Waals surface area (Å²) in [5, 5.41) is -0.564. The van der Waals surface area contributed by atoms with Gasteiger partial charge in [0.2, 0.25) is 0 Å². The highest BCUT2D eigenvalue weighted by Gasteiger charge is 2.27. The second-order valence-corrected chi connectivity index (χ2v) is 6.20. The van der Waals surface area contributed by atoms with E-state index < -0.39 is 16.0 Å². The van der Waals surface area contributed by atoms with Gasteiger partial charge in [0, 0.05) is 4.90 Å². The van der Waals surface area contributed by atoms with Crippen molar-refractivity contribution in [3.8, 4) is 0 Å². The number of aryl methyl sites for hydroxylation is 2. The summed E-state index contributed by atoms with van der Waals surface area (Å²) in [6.45, 7) is 7.94. The summed E-state index contributed by atoms with van der Waals surface area (Å²) in [5.41, 5.74) is 2.00. The van der Waals surface area contributed by atoms with Crippen LogP contribution in [0.3, 0.4) is 0 Å². The Kier molecular flexibility index (Phi) is 6.22. The van der Waals surface area contributed by atoms with E-state index in [4.69, 9.17) is 4.74 Å². The molecule has 0 N–H and O–H groups in total. The number of ether oxygens (including phenoxy) is 1. The van der Waals surface area contributed by atoms with Crippen LogP contribution >= 0.6 is 0 Å². The van der Waals surface area contributed by atoms with Gasteiger partial charge in [0.25, 0.3) is 0 Å². The minimum absolute atomic E-state index is 0.322. The zero-order valence-corrected chi connectivity index (χ0v) is 12.9. The molecule has 0 aliphatic carbocycles. The van der Waals surface area contributed by atoms with Gasteiger partial charge in [-0.1, -0.05) is 25.5 Å². The van der Waals surface area contributed by atoms with Crippen molar-refractivity contribution in [3.05, 3.63) is 29.3 Å². The van der Waals surface area contributed by atoms with Gasteiger partial charge in [0.1, 0.15) is 5.25 Å². The fourth-order valence-electron chi connectivity index (χ4n) is 1.89. The van der Waals surface area contributed by atoms with Crippen LogP contribution in [-0.4, -0.2) is 22.0 Å². The summed E-state index contributed by atoms with van der Waals surface area (Å²) >= 11 is 0. The second kappa shape index (κ2) is 7.43. The van der Waals surface area contributed by atoms with Crippen molar-refractivity contribution >= 4 is 16.8 Å². The van der Waals surface area contributed by atoms with E-state index in [1.54, 1.807) is 6.92 Å². The maximum absolute atomic E-state index is 12.6. The molecule has 0 radical (unpaired) electrons. The monoisotopic (exact) mass is 282 g/mol. The highest BCUT2D eigenvalue weighted by atomic mass is 32.2.